The van der Waals surface area contributed by atoms with E-state index >= 15 is 0 Å². The molecule has 2 N–H and O–H groups in total. The minimum atomic E-state index is 0.559. The first-order chi connectivity index (χ1) is 6.51. The quantitative estimate of drug-likeness (QED) is 0.683. The lowest BCUT2D eigenvalue weighted by Gasteiger charge is -2.30. The molecule has 0 aromatic rings. The van der Waals surface area contributed by atoms with Crippen LogP contribution in [0.25, 0.3) is 0 Å². The number of rotatable bonds is 7. The van der Waals surface area contributed by atoms with Crippen LogP contribution >= 0.6 is 0 Å². The summed E-state index contributed by atoms with van der Waals surface area (Å²) in [5.41, 5.74) is 5.80. The van der Waals surface area contributed by atoms with Crippen molar-refractivity contribution >= 4 is 0 Å². The molecule has 0 aliphatic carbocycles. The zero-order valence-electron chi connectivity index (χ0n) is 10.6. The second-order valence-electron chi connectivity index (χ2n) is 4.97. The van der Waals surface area contributed by atoms with Crippen LogP contribution in [0.2, 0.25) is 0 Å². The largest absolute Gasteiger partial charge is 0.329 e. The molecule has 14 heavy (non-hydrogen) atoms. The molecule has 0 bridgehead atoms. The first-order valence-corrected chi connectivity index (χ1v) is 5.91. The normalized spacial score (nSPS) is 16.3. The van der Waals surface area contributed by atoms with Crippen LogP contribution < -0.4 is 5.73 Å². The predicted octanol–water partition coefficient (Wildman–Crippen LogP) is 2.34. The summed E-state index contributed by atoms with van der Waals surface area (Å²) in [5, 5.41) is 0. The van der Waals surface area contributed by atoms with Gasteiger partial charge in [0.25, 0.3) is 0 Å². The molecule has 0 radical (unpaired) electrons. The Balaban J connectivity index is 3.96. The van der Waals surface area contributed by atoms with Crippen molar-refractivity contribution in [2.24, 2.45) is 17.6 Å². The van der Waals surface area contributed by atoms with Crippen molar-refractivity contribution in [3.8, 4) is 0 Å². The van der Waals surface area contributed by atoms with Gasteiger partial charge in [0.1, 0.15) is 0 Å². The minimum absolute atomic E-state index is 0.559. The highest BCUT2D eigenvalue weighted by Gasteiger charge is 2.15. The van der Waals surface area contributed by atoms with Gasteiger partial charge in [0, 0.05) is 19.1 Å². The van der Waals surface area contributed by atoms with Gasteiger partial charge in [-0.1, -0.05) is 34.1 Å². The van der Waals surface area contributed by atoms with E-state index < -0.39 is 0 Å². The van der Waals surface area contributed by atoms with Crippen LogP contribution in [0.3, 0.4) is 0 Å². The molecule has 2 nitrogen and oxygen atoms in total. The molecule has 0 saturated heterocycles. The Morgan fingerprint density at radius 1 is 1.21 bits per heavy atom. The highest BCUT2D eigenvalue weighted by atomic mass is 15.1. The van der Waals surface area contributed by atoms with E-state index in [0.717, 1.165) is 18.4 Å². The molecule has 0 aliphatic rings. The van der Waals surface area contributed by atoms with Gasteiger partial charge in [0.2, 0.25) is 0 Å². The summed E-state index contributed by atoms with van der Waals surface area (Å²) in [7, 11) is 2.20. The Morgan fingerprint density at radius 2 is 1.79 bits per heavy atom. The van der Waals surface area contributed by atoms with Gasteiger partial charge in [-0.2, -0.15) is 0 Å². The Bertz CT molecular complexity index is 134. The summed E-state index contributed by atoms with van der Waals surface area (Å²) in [6, 6.07) is 0.559. The van der Waals surface area contributed by atoms with Gasteiger partial charge in [-0.3, -0.25) is 0 Å². The smallest absolute Gasteiger partial charge is 0.0217 e. The average molecular weight is 200 g/mol. The maximum absolute atomic E-state index is 5.80. The van der Waals surface area contributed by atoms with E-state index in [0.29, 0.717) is 6.04 Å². The summed E-state index contributed by atoms with van der Waals surface area (Å²) < 4.78 is 0. The SMILES string of the molecule is CCC(C)CN(C)C(CN)CC(C)C. The van der Waals surface area contributed by atoms with Gasteiger partial charge >= 0.3 is 0 Å². The van der Waals surface area contributed by atoms with Gasteiger partial charge in [-0.05, 0) is 25.3 Å². The molecule has 2 heteroatoms. The lowest BCUT2D eigenvalue weighted by Crippen LogP contribution is -2.40. The number of hydrogen-bond acceptors (Lipinski definition) is 2. The molecular weight excluding hydrogens is 172 g/mol. The summed E-state index contributed by atoms with van der Waals surface area (Å²) in [6.45, 7) is 11.0. The van der Waals surface area contributed by atoms with Gasteiger partial charge in [-0.15, -0.1) is 0 Å². The molecule has 0 fully saturated rings. The molecule has 0 aromatic carbocycles. The van der Waals surface area contributed by atoms with E-state index in [9.17, 15) is 0 Å². The predicted molar refractivity (Wildman–Crippen MR) is 64.4 cm³/mol. The summed E-state index contributed by atoms with van der Waals surface area (Å²) in [4.78, 5) is 2.42. The molecule has 86 valence electrons. The maximum Gasteiger partial charge on any atom is 0.0217 e. The van der Waals surface area contributed by atoms with Crippen molar-refractivity contribution in [1.29, 1.82) is 0 Å². The van der Waals surface area contributed by atoms with Crippen molar-refractivity contribution in [3.63, 3.8) is 0 Å². The first kappa shape index (κ1) is 13.9. The number of nitrogens with two attached hydrogens (primary N) is 1. The van der Waals surface area contributed by atoms with E-state index in [1.54, 1.807) is 0 Å². The van der Waals surface area contributed by atoms with E-state index in [1.165, 1.54) is 19.4 Å². The molecule has 0 aliphatic heterocycles. The van der Waals surface area contributed by atoms with E-state index in [2.05, 4.69) is 39.6 Å². The van der Waals surface area contributed by atoms with Crippen molar-refractivity contribution in [2.45, 2.75) is 46.6 Å². The van der Waals surface area contributed by atoms with Crippen LogP contribution in [0.4, 0.5) is 0 Å². The third kappa shape index (κ3) is 5.61. The van der Waals surface area contributed by atoms with Crippen LogP contribution in [0.1, 0.15) is 40.5 Å². The average Bonchev–Trinajstić information content (AvgIpc) is 2.13. The minimum Gasteiger partial charge on any atom is -0.329 e. The van der Waals surface area contributed by atoms with Crippen LogP contribution in [0.5, 0.6) is 0 Å². The third-order valence-electron chi connectivity index (χ3n) is 2.94. The Hall–Kier alpha value is -0.0800. The Kier molecular flexibility index (Phi) is 7.20. The fraction of sp³-hybridized carbons (Fsp3) is 1.00. The number of hydrogen-bond donors (Lipinski definition) is 1. The van der Waals surface area contributed by atoms with Crippen LogP contribution in [0.15, 0.2) is 0 Å². The lowest BCUT2D eigenvalue weighted by molar-refractivity contribution is 0.191. The van der Waals surface area contributed by atoms with Gasteiger partial charge in [-0.25, -0.2) is 0 Å². The van der Waals surface area contributed by atoms with Crippen molar-refractivity contribution < 1.29 is 0 Å². The fourth-order valence-electron chi connectivity index (χ4n) is 1.77. The molecular formula is C12H28N2. The summed E-state index contributed by atoms with van der Waals surface area (Å²) >= 11 is 0. The van der Waals surface area contributed by atoms with E-state index in [1.807, 2.05) is 0 Å². The van der Waals surface area contributed by atoms with Gasteiger partial charge in [0.15, 0.2) is 0 Å². The van der Waals surface area contributed by atoms with Crippen LogP contribution in [-0.2, 0) is 0 Å². The third-order valence-corrected chi connectivity index (χ3v) is 2.94. The zero-order valence-corrected chi connectivity index (χ0v) is 10.6. The van der Waals surface area contributed by atoms with Crippen molar-refractivity contribution in [3.05, 3.63) is 0 Å². The summed E-state index contributed by atoms with van der Waals surface area (Å²) in [6.07, 6.45) is 2.47. The number of nitrogens with zero attached hydrogens (tertiary/aromatic N) is 1. The molecule has 0 aromatic heterocycles. The molecule has 0 spiro atoms. The molecule has 0 amide bonds. The molecule has 0 heterocycles. The fourth-order valence-corrected chi connectivity index (χ4v) is 1.77. The van der Waals surface area contributed by atoms with Crippen molar-refractivity contribution in [1.82, 2.24) is 4.90 Å². The molecule has 0 rings (SSSR count). The highest BCUT2D eigenvalue weighted by molar-refractivity contribution is 4.72. The summed E-state index contributed by atoms with van der Waals surface area (Å²) in [5.74, 6) is 1.52. The van der Waals surface area contributed by atoms with Crippen molar-refractivity contribution in [2.75, 3.05) is 20.1 Å². The van der Waals surface area contributed by atoms with Crippen LogP contribution in [0, 0.1) is 11.8 Å². The second-order valence-corrected chi connectivity index (χ2v) is 4.97. The zero-order chi connectivity index (χ0) is 11.1. The maximum atomic E-state index is 5.80. The van der Waals surface area contributed by atoms with Gasteiger partial charge < -0.3 is 10.6 Å². The first-order valence-electron chi connectivity index (χ1n) is 5.91. The topological polar surface area (TPSA) is 29.3 Å². The standard InChI is InChI=1S/C12H28N2/c1-6-11(4)9-14(5)12(8-13)7-10(2)3/h10-12H,6-9,13H2,1-5H3. The monoisotopic (exact) mass is 200 g/mol. The van der Waals surface area contributed by atoms with Gasteiger partial charge in [0.05, 0.1) is 0 Å². The molecule has 2 unspecified atom stereocenters. The Labute approximate surface area is 89.9 Å². The van der Waals surface area contributed by atoms with E-state index in [-0.39, 0.29) is 0 Å². The highest BCUT2D eigenvalue weighted by Crippen LogP contribution is 2.12. The second kappa shape index (κ2) is 7.24. The number of likely N-dealkylation sites (N-methyl/N-ethyl adjacent to an activating group) is 1. The Morgan fingerprint density at radius 3 is 2.14 bits per heavy atom. The molecule has 2 atom stereocenters. The van der Waals surface area contributed by atoms with Crippen LogP contribution in [-0.4, -0.2) is 31.1 Å². The van der Waals surface area contributed by atoms with E-state index in [4.69, 9.17) is 5.73 Å². The lowest BCUT2D eigenvalue weighted by atomic mass is 10.0. The molecule has 0 saturated carbocycles.